The number of rotatable bonds is 9. The molecule has 3 aromatic rings. The molecule has 2 amide bonds. The number of carbonyl (C=O) groups is 3. The van der Waals surface area contributed by atoms with Crippen molar-refractivity contribution in [3.05, 3.63) is 107 Å². The summed E-state index contributed by atoms with van der Waals surface area (Å²) in [5, 5.41) is 5.45. The molecule has 0 spiro atoms. The Morgan fingerprint density at radius 1 is 0.844 bits per heavy atom. The maximum absolute atomic E-state index is 12.9. The van der Waals surface area contributed by atoms with E-state index in [2.05, 4.69) is 10.6 Å². The molecule has 0 saturated heterocycles. The van der Waals surface area contributed by atoms with Crippen LogP contribution in [0.25, 0.3) is 0 Å². The number of amides is 2. The van der Waals surface area contributed by atoms with Crippen LogP contribution in [0.3, 0.4) is 0 Å². The van der Waals surface area contributed by atoms with E-state index in [1.807, 2.05) is 24.3 Å². The van der Waals surface area contributed by atoms with Gasteiger partial charge in [-0.3, -0.25) is 14.4 Å². The minimum Gasteiger partial charge on any atom is -0.456 e. The lowest BCUT2D eigenvalue weighted by Crippen LogP contribution is -2.32. The van der Waals surface area contributed by atoms with Gasteiger partial charge in [0.2, 0.25) is 0 Å². The number of ether oxygens (including phenoxy) is 1. The molecular formula is C25H23FN2O4. The van der Waals surface area contributed by atoms with Crippen LogP contribution >= 0.6 is 0 Å². The predicted molar refractivity (Wildman–Crippen MR) is 117 cm³/mol. The fourth-order valence-corrected chi connectivity index (χ4v) is 2.99. The highest BCUT2D eigenvalue weighted by atomic mass is 19.1. The van der Waals surface area contributed by atoms with E-state index in [-0.39, 0.29) is 24.7 Å². The monoisotopic (exact) mass is 434 g/mol. The molecule has 164 valence electrons. The average Bonchev–Trinajstić information content (AvgIpc) is 2.83. The van der Waals surface area contributed by atoms with E-state index in [4.69, 9.17) is 4.74 Å². The van der Waals surface area contributed by atoms with Crippen molar-refractivity contribution in [2.75, 3.05) is 6.61 Å². The van der Waals surface area contributed by atoms with Gasteiger partial charge in [0.15, 0.2) is 6.61 Å². The highest BCUT2D eigenvalue weighted by Crippen LogP contribution is 2.18. The first kappa shape index (κ1) is 22.7. The highest BCUT2D eigenvalue weighted by molar-refractivity contribution is 5.94. The molecule has 7 heteroatoms. The van der Waals surface area contributed by atoms with Gasteiger partial charge < -0.3 is 15.4 Å². The fourth-order valence-electron chi connectivity index (χ4n) is 2.99. The van der Waals surface area contributed by atoms with Gasteiger partial charge in [-0.1, -0.05) is 60.7 Å². The molecule has 1 atom stereocenters. The zero-order valence-electron chi connectivity index (χ0n) is 17.3. The third-order valence-corrected chi connectivity index (χ3v) is 4.68. The van der Waals surface area contributed by atoms with Gasteiger partial charge in [-0.25, -0.2) is 4.39 Å². The first-order chi connectivity index (χ1) is 15.5. The molecule has 0 aliphatic heterocycles. The molecule has 0 aromatic heterocycles. The number of halogens is 1. The summed E-state index contributed by atoms with van der Waals surface area (Å²) in [7, 11) is 0. The third kappa shape index (κ3) is 7.05. The predicted octanol–water partition coefficient (Wildman–Crippen LogP) is 3.55. The van der Waals surface area contributed by atoms with Crippen LogP contribution in [-0.2, 0) is 20.9 Å². The molecular weight excluding hydrogens is 411 g/mol. The second-order valence-corrected chi connectivity index (χ2v) is 7.07. The first-order valence-corrected chi connectivity index (χ1v) is 10.1. The van der Waals surface area contributed by atoms with Crippen molar-refractivity contribution in [3.63, 3.8) is 0 Å². The van der Waals surface area contributed by atoms with Crippen LogP contribution < -0.4 is 10.6 Å². The van der Waals surface area contributed by atoms with Gasteiger partial charge in [-0.2, -0.15) is 0 Å². The van der Waals surface area contributed by atoms with Crippen molar-refractivity contribution in [2.24, 2.45) is 0 Å². The first-order valence-electron chi connectivity index (χ1n) is 10.1. The molecule has 0 fully saturated rings. The lowest BCUT2D eigenvalue weighted by Gasteiger charge is -2.19. The minimum absolute atomic E-state index is 0.131. The summed E-state index contributed by atoms with van der Waals surface area (Å²) in [6.45, 7) is -0.259. The van der Waals surface area contributed by atoms with Crippen LogP contribution in [0.1, 0.15) is 33.9 Å². The van der Waals surface area contributed by atoms with E-state index in [1.54, 1.807) is 48.5 Å². The van der Waals surface area contributed by atoms with Crippen LogP contribution in [0, 0.1) is 5.82 Å². The summed E-state index contributed by atoms with van der Waals surface area (Å²) in [4.78, 5) is 36.9. The van der Waals surface area contributed by atoms with Crippen molar-refractivity contribution in [3.8, 4) is 0 Å². The van der Waals surface area contributed by atoms with Gasteiger partial charge in [0.05, 0.1) is 12.5 Å². The zero-order chi connectivity index (χ0) is 22.8. The number of hydrogen-bond donors (Lipinski definition) is 2. The molecule has 0 saturated carbocycles. The van der Waals surface area contributed by atoms with Gasteiger partial charge in [-0.15, -0.1) is 0 Å². The van der Waals surface area contributed by atoms with Gasteiger partial charge in [0, 0.05) is 12.1 Å². The summed E-state index contributed by atoms with van der Waals surface area (Å²) >= 11 is 0. The molecule has 3 aromatic carbocycles. The van der Waals surface area contributed by atoms with Crippen molar-refractivity contribution < 1.29 is 23.5 Å². The molecule has 0 aliphatic rings. The molecule has 0 heterocycles. The maximum atomic E-state index is 12.9. The standard InChI is InChI=1S/C25H23FN2O4/c26-21-13-11-18(12-14-21)16-27-23(29)17-32-24(30)15-22(19-7-3-1-4-8-19)28-25(31)20-9-5-2-6-10-20/h1-14,22H,15-17H2,(H,27,29)(H,28,31)/t22-/m1/s1. The summed E-state index contributed by atoms with van der Waals surface area (Å²) in [6, 6.07) is 22.9. The number of carbonyl (C=O) groups excluding carboxylic acids is 3. The average molecular weight is 434 g/mol. The number of hydrogen-bond acceptors (Lipinski definition) is 4. The topological polar surface area (TPSA) is 84.5 Å². The van der Waals surface area contributed by atoms with E-state index in [0.29, 0.717) is 5.56 Å². The molecule has 6 nitrogen and oxygen atoms in total. The molecule has 0 aliphatic carbocycles. The number of esters is 1. The Kier molecular flexibility index (Phi) is 8.09. The number of benzene rings is 3. The summed E-state index contributed by atoms with van der Waals surface area (Å²) < 4.78 is 18.0. The Labute approximate surface area is 185 Å². The van der Waals surface area contributed by atoms with Gasteiger partial charge in [0.1, 0.15) is 5.82 Å². The summed E-state index contributed by atoms with van der Waals surface area (Å²) in [6.07, 6.45) is -0.131. The van der Waals surface area contributed by atoms with Gasteiger partial charge >= 0.3 is 5.97 Å². The van der Waals surface area contributed by atoms with E-state index < -0.39 is 24.5 Å². The summed E-state index contributed by atoms with van der Waals surface area (Å²) in [5.74, 6) is -1.78. The number of nitrogens with one attached hydrogen (secondary N) is 2. The lowest BCUT2D eigenvalue weighted by molar-refractivity contribution is -0.149. The largest absolute Gasteiger partial charge is 0.456 e. The highest BCUT2D eigenvalue weighted by Gasteiger charge is 2.20. The van der Waals surface area contributed by atoms with Gasteiger partial charge in [0.25, 0.3) is 11.8 Å². The van der Waals surface area contributed by atoms with E-state index >= 15 is 0 Å². The molecule has 0 bridgehead atoms. The molecule has 3 rings (SSSR count). The van der Waals surface area contributed by atoms with Gasteiger partial charge in [-0.05, 0) is 35.4 Å². The SMILES string of the molecule is O=C(COC(=O)C[C@@H](NC(=O)c1ccccc1)c1ccccc1)NCc1ccc(F)cc1. The van der Waals surface area contributed by atoms with Crippen molar-refractivity contribution in [1.29, 1.82) is 0 Å². The molecule has 0 unspecified atom stereocenters. The minimum atomic E-state index is -0.621. The molecule has 32 heavy (non-hydrogen) atoms. The second-order valence-electron chi connectivity index (χ2n) is 7.07. The normalized spacial score (nSPS) is 11.3. The van der Waals surface area contributed by atoms with E-state index in [0.717, 1.165) is 11.1 Å². The maximum Gasteiger partial charge on any atom is 0.308 e. The molecule has 2 N–H and O–H groups in total. The Morgan fingerprint density at radius 3 is 2.12 bits per heavy atom. The van der Waals surface area contributed by atoms with Crippen molar-refractivity contribution >= 4 is 17.8 Å². The van der Waals surface area contributed by atoms with Crippen molar-refractivity contribution in [2.45, 2.75) is 19.0 Å². The van der Waals surface area contributed by atoms with Crippen LogP contribution in [0.4, 0.5) is 4.39 Å². The van der Waals surface area contributed by atoms with Crippen LogP contribution in [-0.4, -0.2) is 24.4 Å². The van der Waals surface area contributed by atoms with E-state index in [9.17, 15) is 18.8 Å². The quantitative estimate of drug-likeness (QED) is 0.505. The smallest absolute Gasteiger partial charge is 0.308 e. The fraction of sp³-hybridized carbons (Fsp3) is 0.160. The zero-order valence-corrected chi connectivity index (χ0v) is 17.3. The van der Waals surface area contributed by atoms with E-state index in [1.165, 1.54) is 12.1 Å². The van der Waals surface area contributed by atoms with Crippen LogP contribution in [0.15, 0.2) is 84.9 Å². The Morgan fingerprint density at radius 2 is 1.47 bits per heavy atom. The Bertz CT molecular complexity index is 1040. The van der Waals surface area contributed by atoms with Crippen LogP contribution in [0.5, 0.6) is 0 Å². The summed E-state index contributed by atoms with van der Waals surface area (Å²) in [5.41, 5.74) is 1.94. The molecule has 0 radical (unpaired) electrons. The van der Waals surface area contributed by atoms with Crippen LogP contribution in [0.2, 0.25) is 0 Å². The Hall–Kier alpha value is -4.00. The lowest BCUT2D eigenvalue weighted by atomic mass is 10.0. The van der Waals surface area contributed by atoms with Crippen molar-refractivity contribution in [1.82, 2.24) is 10.6 Å². The third-order valence-electron chi connectivity index (χ3n) is 4.68. The second kappa shape index (κ2) is 11.4. The Balaban J connectivity index is 1.53.